The van der Waals surface area contributed by atoms with Crippen molar-refractivity contribution >= 4 is 40.5 Å². The van der Waals surface area contributed by atoms with E-state index in [0.717, 1.165) is 47.5 Å². The second-order valence-electron chi connectivity index (χ2n) is 9.99. The number of carbonyl (C=O) groups excluding carboxylic acids is 2. The summed E-state index contributed by atoms with van der Waals surface area (Å²) in [6.45, 7) is 1.85. The number of Topliss-reactive ketones (excluding diaryl/α,β-unsaturated/α-hetero) is 2. The molecule has 7 heteroatoms. The van der Waals surface area contributed by atoms with Crippen LogP contribution in [0.1, 0.15) is 83.8 Å². The third-order valence-corrected chi connectivity index (χ3v) is 8.66. The first-order valence-corrected chi connectivity index (χ1v) is 14.1. The van der Waals surface area contributed by atoms with Crippen molar-refractivity contribution in [3.05, 3.63) is 75.3 Å². The van der Waals surface area contributed by atoms with Gasteiger partial charge in [-0.1, -0.05) is 48.0 Å². The Morgan fingerprint density at radius 3 is 2.30 bits per heavy atom. The van der Waals surface area contributed by atoms with Crippen LogP contribution in [-0.4, -0.2) is 27.6 Å². The van der Waals surface area contributed by atoms with Crippen LogP contribution in [0.5, 0.6) is 0 Å². The number of rotatable bonds is 11. The van der Waals surface area contributed by atoms with Gasteiger partial charge in [-0.05, 0) is 74.1 Å². The van der Waals surface area contributed by atoms with Crippen molar-refractivity contribution in [1.82, 2.24) is 4.98 Å². The van der Waals surface area contributed by atoms with Crippen LogP contribution in [-0.2, 0) is 16.0 Å². The molecule has 0 saturated heterocycles. The van der Waals surface area contributed by atoms with Crippen LogP contribution >= 0.6 is 22.9 Å². The second-order valence-corrected chi connectivity index (χ2v) is 11.4. The number of nitrogens with zero attached hydrogens (tertiary/aromatic N) is 1. The van der Waals surface area contributed by atoms with Gasteiger partial charge in [0.2, 0.25) is 0 Å². The number of thiazole rings is 1. The van der Waals surface area contributed by atoms with E-state index < -0.39 is 5.97 Å². The summed E-state index contributed by atoms with van der Waals surface area (Å²) in [6.07, 6.45) is 5.84. The third kappa shape index (κ3) is 7.59. The van der Waals surface area contributed by atoms with Crippen LogP contribution in [0.15, 0.2) is 48.5 Å². The highest BCUT2D eigenvalue weighted by Gasteiger charge is 2.24. The molecule has 2 aromatic carbocycles. The first kappa shape index (κ1) is 27.2. The number of carboxylic acids is 1. The molecule has 0 aliphatic heterocycles. The molecular formula is C30H32ClNO4S. The van der Waals surface area contributed by atoms with Crippen LogP contribution in [0.2, 0.25) is 5.02 Å². The smallest absolute Gasteiger partial charge is 0.303 e. The second kappa shape index (κ2) is 12.6. The van der Waals surface area contributed by atoms with Gasteiger partial charge in [-0.15, -0.1) is 11.3 Å². The maximum Gasteiger partial charge on any atom is 0.303 e. The standard InChI is InChI=1S/C30H32ClNO4S/c1-19-29(37-30(32-19)24-13-15-25(31)16-14-24)27(34)4-2-3-26(33)17-20-5-9-22(10-6-20)23-11-7-21(8-12-23)18-28(35)36/h5-6,9-10,13-16,21,23H,2-4,7-8,11-12,17-18H2,1H3,(H,35,36). The van der Waals surface area contributed by atoms with Crippen LogP contribution in [0.3, 0.4) is 0 Å². The van der Waals surface area contributed by atoms with Crippen molar-refractivity contribution in [2.75, 3.05) is 0 Å². The number of hydrogen-bond acceptors (Lipinski definition) is 5. The highest BCUT2D eigenvalue weighted by molar-refractivity contribution is 7.17. The van der Waals surface area contributed by atoms with E-state index in [2.05, 4.69) is 17.1 Å². The highest BCUT2D eigenvalue weighted by Crippen LogP contribution is 2.37. The Morgan fingerprint density at radius 2 is 1.65 bits per heavy atom. The molecule has 1 heterocycles. The fourth-order valence-corrected chi connectivity index (χ4v) is 6.27. The Kier molecular flexibility index (Phi) is 9.28. The first-order chi connectivity index (χ1) is 17.8. The molecule has 4 rings (SSSR count). The molecule has 1 aliphatic carbocycles. The number of aromatic nitrogens is 1. The molecule has 0 radical (unpaired) electrons. The summed E-state index contributed by atoms with van der Waals surface area (Å²) in [4.78, 5) is 41.5. The average molecular weight is 538 g/mol. The summed E-state index contributed by atoms with van der Waals surface area (Å²) in [5.74, 6) is 0.228. The lowest BCUT2D eigenvalue weighted by Gasteiger charge is -2.28. The average Bonchev–Trinajstić information content (AvgIpc) is 3.26. The van der Waals surface area contributed by atoms with Crippen molar-refractivity contribution in [1.29, 1.82) is 0 Å². The van der Waals surface area contributed by atoms with E-state index in [0.29, 0.717) is 47.4 Å². The quantitative estimate of drug-likeness (QED) is 0.253. The zero-order valence-electron chi connectivity index (χ0n) is 21.0. The Balaban J connectivity index is 1.22. The SMILES string of the molecule is Cc1nc(-c2ccc(Cl)cc2)sc1C(=O)CCCC(=O)Cc1ccc(C2CCC(CC(=O)O)CC2)cc1. The minimum atomic E-state index is -0.705. The van der Waals surface area contributed by atoms with Crippen molar-refractivity contribution in [3.63, 3.8) is 0 Å². The Morgan fingerprint density at radius 1 is 0.973 bits per heavy atom. The summed E-state index contributed by atoms with van der Waals surface area (Å²) in [7, 11) is 0. The van der Waals surface area contributed by atoms with Crippen molar-refractivity contribution in [2.45, 2.75) is 70.6 Å². The van der Waals surface area contributed by atoms with Crippen molar-refractivity contribution in [2.24, 2.45) is 5.92 Å². The summed E-state index contributed by atoms with van der Waals surface area (Å²) in [5, 5.41) is 10.4. The zero-order valence-corrected chi connectivity index (χ0v) is 22.6. The lowest BCUT2D eigenvalue weighted by molar-refractivity contribution is -0.138. The lowest BCUT2D eigenvalue weighted by Crippen LogP contribution is -2.16. The largest absolute Gasteiger partial charge is 0.481 e. The molecule has 1 N–H and O–H groups in total. The van der Waals surface area contributed by atoms with Gasteiger partial charge >= 0.3 is 5.97 Å². The number of hydrogen-bond donors (Lipinski definition) is 1. The van der Waals surface area contributed by atoms with Crippen LogP contribution in [0.25, 0.3) is 10.6 Å². The molecular weight excluding hydrogens is 506 g/mol. The van der Waals surface area contributed by atoms with Gasteiger partial charge in [-0.3, -0.25) is 14.4 Å². The molecule has 0 amide bonds. The minimum Gasteiger partial charge on any atom is -0.481 e. The molecule has 1 fully saturated rings. The molecule has 194 valence electrons. The molecule has 0 spiro atoms. The number of benzene rings is 2. The molecule has 1 aromatic heterocycles. The maximum absolute atomic E-state index is 12.8. The van der Waals surface area contributed by atoms with E-state index in [9.17, 15) is 14.4 Å². The normalized spacial score (nSPS) is 17.5. The van der Waals surface area contributed by atoms with E-state index in [4.69, 9.17) is 16.7 Å². The summed E-state index contributed by atoms with van der Waals surface area (Å²) in [5.41, 5.74) is 3.92. The van der Waals surface area contributed by atoms with Crippen molar-refractivity contribution in [3.8, 4) is 10.6 Å². The predicted octanol–water partition coefficient (Wildman–Crippen LogP) is 7.69. The maximum atomic E-state index is 12.8. The van der Waals surface area contributed by atoms with E-state index in [-0.39, 0.29) is 18.0 Å². The van der Waals surface area contributed by atoms with E-state index in [1.165, 1.54) is 16.9 Å². The summed E-state index contributed by atoms with van der Waals surface area (Å²) >= 11 is 7.35. The number of carboxylic acid groups (broad SMARTS) is 1. The first-order valence-electron chi connectivity index (χ1n) is 12.9. The number of aliphatic carboxylic acids is 1. The highest BCUT2D eigenvalue weighted by atomic mass is 35.5. The zero-order chi connectivity index (χ0) is 26.4. The Labute approximate surface area is 226 Å². The van der Waals surface area contributed by atoms with Gasteiger partial charge in [0.05, 0.1) is 10.6 Å². The summed E-state index contributed by atoms with van der Waals surface area (Å²) < 4.78 is 0. The Hall–Kier alpha value is -2.83. The van der Waals surface area contributed by atoms with Gasteiger partial charge in [0.1, 0.15) is 10.8 Å². The number of aryl methyl sites for hydroxylation is 1. The Bertz CT molecular complexity index is 1240. The summed E-state index contributed by atoms with van der Waals surface area (Å²) in [6, 6.07) is 15.7. The monoisotopic (exact) mass is 537 g/mol. The lowest BCUT2D eigenvalue weighted by atomic mass is 9.77. The van der Waals surface area contributed by atoms with Gasteiger partial charge in [-0.2, -0.15) is 0 Å². The molecule has 37 heavy (non-hydrogen) atoms. The van der Waals surface area contributed by atoms with E-state index in [1.54, 1.807) is 0 Å². The fourth-order valence-electron chi connectivity index (χ4n) is 5.10. The molecule has 5 nitrogen and oxygen atoms in total. The molecule has 0 atom stereocenters. The number of halogens is 1. The minimum absolute atomic E-state index is 0.0328. The van der Waals surface area contributed by atoms with Crippen LogP contribution < -0.4 is 0 Å². The van der Waals surface area contributed by atoms with Gasteiger partial charge < -0.3 is 5.11 Å². The van der Waals surface area contributed by atoms with E-state index in [1.807, 2.05) is 43.3 Å². The topological polar surface area (TPSA) is 84.3 Å². The van der Waals surface area contributed by atoms with E-state index >= 15 is 0 Å². The molecule has 1 aliphatic rings. The molecule has 0 bridgehead atoms. The number of ketones is 2. The van der Waals surface area contributed by atoms with Gasteiger partial charge in [0.15, 0.2) is 5.78 Å². The van der Waals surface area contributed by atoms with Crippen LogP contribution in [0, 0.1) is 12.8 Å². The molecule has 1 saturated carbocycles. The van der Waals surface area contributed by atoms with Crippen LogP contribution in [0.4, 0.5) is 0 Å². The third-order valence-electron chi connectivity index (χ3n) is 7.16. The molecule has 3 aromatic rings. The predicted molar refractivity (Wildman–Crippen MR) is 148 cm³/mol. The fraction of sp³-hybridized carbons (Fsp3) is 0.400. The van der Waals surface area contributed by atoms with Gasteiger partial charge in [0.25, 0.3) is 0 Å². The van der Waals surface area contributed by atoms with Crippen molar-refractivity contribution < 1.29 is 19.5 Å². The van der Waals surface area contributed by atoms with Gasteiger partial charge in [-0.25, -0.2) is 4.98 Å². The number of carbonyl (C=O) groups is 3. The van der Waals surface area contributed by atoms with Gasteiger partial charge in [0, 0.05) is 36.3 Å². The molecule has 0 unspecified atom stereocenters.